The fraction of sp³-hybridized carbons (Fsp3) is 0.375. The average molecular weight is 181 g/mol. The second-order valence-corrected chi connectivity index (χ2v) is 2.68. The van der Waals surface area contributed by atoms with Crippen LogP contribution in [0, 0.1) is 0 Å². The molecule has 0 atom stereocenters. The molecule has 0 bridgehead atoms. The maximum Gasteiger partial charge on any atom is 0.303 e. The molecule has 0 amide bonds. The predicted molar refractivity (Wildman–Crippen MR) is 47.0 cm³/mol. The monoisotopic (exact) mass is 181 g/mol. The largest absolute Gasteiger partial charge is 0.481 e. The van der Waals surface area contributed by atoms with Gasteiger partial charge >= 0.3 is 5.97 Å². The number of hydrogen-bond acceptors (Lipinski definition) is 4. The summed E-state index contributed by atoms with van der Waals surface area (Å²) in [5.74, 6) is -0.373. The Labute approximate surface area is 75.6 Å². The highest BCUT2D eigenvalue weighted by Gasteiger charge is 1.99. The highest BCUT2D eigenvalue weighted by Crippen LogP contribution is 2.03. The SMILES string of the molecule is Nc1cc(CCCC(=O)O)ncn1. The summed E-state index contributed by atoms with van der Waals surface area (Å²) < 4.78 is 0. The van der Waals surface area contributed by atoms with Crippen molar-refractivity contribution < 1.29 is 9.90 Å². The molecule has 70 valence electrons. The van der Waals surface area contributed by atoms with Gasteiger partial charge in [0, 0.05) is 18.2 Å². The van der Waals surface area contributed by atoms with E-state index in [1.165, 1.54) is 6.33 Å². The topological polar surface area (TPSA) is 89.1 Å². The van der Waals surface area contributed by atoms with E-state index in [-0.39, 0.29) is 6.42 Å². The molecule has 0 aliphatic heterocycles. The second kappa shape index (κ2) is 4.39. The third-order valence-corrected chi connectivity index (χ3v) is 1.57. The first-order chi connectivity index (χ1) is 6.18. The number of carboxylic acid groups (broad SMARTS) is 1. The van der Waals surface area contributed by atoms with Gasteiger partial charge in [-0.15, -0.1) is 0 Å². The van der Waals surface area contributed by atoms with Crippen molar-refractivity contribution in [3.63, 3.8) is 0 Å². The molecule has 3 N–H and O–H groups in total. The highest BCUT2D eigenvalue weighted by atomic mass is 16.4. The van der Waals surface area contributed by atoms with E-state index in [0.717, 1.165) is 5.69 Å². The van der Waals surface area contributed by atoms with Crippen molar-refractivity contribution in [2.75, 3.05) is 5.73 Å². The summed E-state index contributed by atoms with van der Waals surface area (Å²) in [5, 5.41) is 8.39. The molecule has 0 saturated heterocycles. The van der Waals surface area contributed by atoms with Crippen molar-refractivity contribution in [3.05, 3.63) is 18.1 Å². The molecule has 5 nitrogen and oxygen atoms in total. The number of rotatable bonds is 4. The molecular weight excluding hydrogens is 170 g/mol. The maximum absolute atomic E-state index is 10.2. The van der Waals surface area contributed by atoms with E-state index in [9.17, 15) is 4.79 Å². The Kier molecular flexibility index (Phi) is 3.19. The number of anilines is 1. The zero-order valence-electron chi connectivity index (χ0n) is 7.10. The lowest BCUT2D eigenvalue weighted by molar-refractivity contribution is -0.137. The molecule has 5 heteroatoms. The molecule has 0 spiro atoms. The van der Waals surface area contributed by atoms with Crippen LogP contribution in [0.1, 0.15) is 18.5 Å². The fourth-order valence-electron chi connectivity index (χ4n) is 0.972. The van der Waals surface area contributed by atoms with E-state index in [1.807, 2.05) is 0 Å². The van der Waals surface area contributed by atoms with Crippen LogP contribution in [0.15, 0.2) is 12.4 Å². The summed E-state index contributed by atoms with van der Waals surface area (Å²) >= 11 is 0. The lowest BCUT2D eigenvalue weighted by atomic mass is 10.2. The summed E-state index contributed by atoms with van der Waals surface area (Å²) in [6, 6.07) is 1.65. The third-order valence-electron chi connectivity index (χ3n) is 1.57. The number of aromatic nitrogens is 2. The second-order valence-electron chi connectivity index (χ2n) is 2.68. The molecular formula is C8H11N3O2. The number of aryl methyl sites for hydroxylation is 1. The van der Waals surface area contributed by atoms with Crippen LogP contribution in [0.5, 0.6) is 0 Å². The van der Waals surface area contributed by atoms with Crippen LogP contribution in [-0.2, 0) is 11.2 Å². The molecule has 0 aliphatic rings. The number of nitrogen functional groups attached to an aromatic ring is 1. The van der Waals surface area contributed by atoms with Gasteiger partial charge in [-0.3, -0.25) is 4.79 Å². The van der Waals surface area contributed by atoms with Gasteiger partial charge in [-0.05, 0) is 12.8 Å². The van der Waals surface area contributed by atoms with Crippen molar-refractivity contribution in [2.24, 2.45) is 0 Å². The van der Waals surface area contributed by atoms with Gasteiger partial charge in [-0.25, -0.2) is 9.97 Å². The zero-order valence-corrected chi connectivity index (χ0v) is 7.10. The van der Waals surface area contributed by atoms with Crippen LogP contribution in [0.4, 0.5) is 5.82 Å². The molecule has 0 aliphatic carbocycles. The number of carboxylic acids is 1. The highest BCUT2D eigenvalue weighted by molar-refractivity contribution is 5.66. The van der Waals surface area contributed by atoms with Crippen molar-refractivity contribution >= 4 is 11.8 Å². The molecule has 0 radical (unpaired) electrons. The first kappa shape index (κ1) is 9.44. The number of aliphatic carboxylic acids is 1. The molecule has 0 aromatic carbocycles. The standard InChI is InChI=1S/C8H11N3O2/c9-7-4-6(10-5-11-7)2-1-3-8(12)13/h4-5H,1-3H2,(H,12,13)(H2,9,10,11). The minimum Gasteiger partial charge on any atom is -0.481 e. The molecule has 13 heavy (non-hydrogen) atoms. The van der Waals surface area contributed by atoms with Crippen LogP contribution >= 0.6 is 0 Å². The van der Waals surface area contributed by atoms with Gasteiger partial charge in [0.05, 0.1) is 0 Å². The first-order valence-corrected chi connectivity index (χ1v) is 3.96. The van der Waals surface area contributed by atoms with E-state index < -0.39 is 5.97 Å². The minimum atomic E-state index is -0.790. The summed E-state index contributed by atoms with van der Waals surface area (Å²) in [7, 11) is 0. The summed E-state index contributed by atoms with van der Waals surface area (Å²) in [5.41, 5.74) is 6.21. The van der Waals surface area contributed by atoms with E-state index in [0.29, 0.717) is 18.7 Å². The Hall–Kier alpha value is -1.65. The molecule has 0 unspecified atom stereocenters. The quantitative estimate of drug-likeness (QED) is 0.704. The van der Waals surface area contributed by atoms with Gasteiger partial charge in [0.15, 0.2) is 0 Å². The molecule has 1 aromatic heterocycles. The van der Waals surface area contributed by atoms with Crippen molar-refractivity contribution in [2.45, 2.75) is 19.3 Å². The Balaban J connectivity index is 2.41. The Morgan fingerprint density at radius 3 is 2.92 bits per heavy atom. The van der Waals surface area contributed by atoms with Crippen LogP contribution in [0.3, 0.4) is 0 Å². The van der Waals surface area contributed by atoms with Gasteiger partial charge in [0.2, 0.25) is 0 Å². The van der Waals surface area contributed by atoms with Crippen LogP contribution in [0.2, 0.25) is 0 Å². The molecule has 0 fully saturated rings. The smallest absolute Gasteiger partial charge is 0.303 e. The molecule has 0 saturated carbocycles. The van der Waals surface area contributed by atoms with Gasteiger partial charge < -0.3 is 10.8 Å². The zero-order chi connectivity index (χ0) is 9.68. The number of nitrogens with two attached hydrogens (primary N) is 1. The molecule has 1 heterocycles. The Morgan fingerprint density at radius 2 is 2.31 bits per heavy atom. The maximum atomic E-state index is 10.2. The first-order valence-electron chi connectivity index (χ1n) is 3.96. The van der Waals surface area contributed by atoms with E-state index in [2.05, 4.69) is 9.97 Å². The van der Waals surface area contributed by atoms with Crippen molar-refractivity contribution in [3.8, 4) is 0 Å². The Bertz CT molecular complexity index is 301. The lowest BCUT2D eigenvalue weighted by Crippen LogP contribution is -1.99. The van der Waals surface area contributed by atoms with E-state index in [4.69, 9.17) is 10.8 Å². The van der Waals surface area contributed by atoms with Crippen molar-refractivity contribution in [1.82, 2.24) is 9.97 Å². The van der Waals surface area contributed by atoms with Gasteiger partial charge in [0.25, 0.3) is 0 Å². The van der Waals surface area contributed by atoms with Gasteiger partial charge in [-0.2, -0.15) is 0 Å². The summed E-state index contributed by atoms with van der Waals surface area (Å²) in [6.45, 7) is 0. The number of nitrogens with zero attached hydrogens (tertiary/aromatic N) is 2. The molecule has 1 rings (SSSR count). The summed E-state index contributed by atoms with van der Waals surface area (Å²) in [4.78, 5) is 17.9. The Morgan fingerprint density at radius 1 is 1.54 bits per heavy atom. The molecule has 1 aromatic rings. The lowest BCUT2D eigenvalue weighted by Gasteiger charge is -1.98. The van der Waals surface area contributed by atoms with Crippen molar-refractivity contribution in [1.29, 1.82) is 0 Å². The number of carbonyl (C=O) groups is 1. The third kappa shape index (κ3) is 3.50. The van der Waals surface area contributed by atoms with Gasteiger partial charge in [0.1, 0.15) is 12.1 Å². The van der Waals surface area contributed by atoms with Gasteiger partial charge in [-0.1, -0.05) is 0 Å². The number of hydrogen-bond donors (Lipinski definition) is 2. The normalized spacial score (nSPS) is 9.85. The summed E-state index contributed by atoms with van der Waals surface area (Å²) in [6.07, 6.45) is 2.74. The minimum absolute atomic E-state index is 0.157. The van der Waals surface area contributed by atoms with Crippen LogP contribution in [-0.4, -0.2) is 21.0 Å². The van der Waals surface area contributed by atoms with Crippen LogP contribution < -0.4 is 5.73 Å². The fourth-order valence-corrected chi connectivity index (χ4v) is 0.972. The van der Waals surface area contributed by atoms with E-state index in [1.54, 1.807) is 6.07 Å². The average Bonchev–Trinajstić information content (AvgIpc) is 2.03. The van der Waals surface area contributed by atoms with Crippen LogP contribution in [0.25, 0.3) is 0 Å². The van der Waals surface area contributed by atoms with E-state index >= 15 is 0 Å². The predicted octanol–water partition coefficient (Wildman–Crippen LogP) is 0.466.